The number of carboxylic acid groups (broad SMARTS) is 1. The summed E-state index contributed by atoms with van der Waals surface area (Å²) in [5.41, 5.74) is 1.70. The molecule has 46 heavy (non-hydrogen) atoms. The zero-order valence-corrected chi connectivity index (χ0v) is 31.5. The van der Waals surface area contributed by atoms with Gasteiger partial charge in [-0.15, -0.1) is 0 Å². The standard InChI is InChI=1S/C28H34N2O3S.2C3H8.2C2H6.CH3F/c1-33-27-18-23(28(31)32)13-17-26(27)30-34-25-16-15-24(29-19-25)14-10-20-8-11-22(12-9-20)21-6-4-2-3-5-7-21;2*1-3-2;3*1-2/h13,15-22,30H,2-9,11-12H2,1H3,(H,31,32);2*3H2,1-2H3;2*1-2H3;1H3. The number of alkyl halides is 1. The van der Waals surface area contributed by atoms with Crippen molar-refractivity contribution in [1.82, 2.24) is 4.98 Å². The summed E-state index contributed by atoms with van der Waals surface area (Å²) in [7, 11) is 2.02. The van der Waals surface area contributed by atoms with Gasteiger partial charge in [-0.2, -0.15) is 0 Å². The van der Waals surface area contributed by atoms with Crippen LogP contribution in [0.4, 0.5) is 10.1 Å². The molecule has 5 nitrogen and oxygen atoms in total. The fourth-order valence-corrected chi connectivity index (χ4v) is 5.87. The maximum absolute atomic E-state index is 11.1. The number of methoxy groups -OCH3 is 1. The summed E-state index contributed by atoms with van der Waals surface area (Å²) < 4.78 is 18.0. The molecular formula is C39H65FN2O3S. The van der Waals surface area contributed by atoms with Gasteiger partial charge in [0.15, 0.2) is 0 Å². The van der Waals surface area contributed by atoms with E-state index in [4.69, 9.17) is 9.84 Å². The highest BCUT2D eigenvalue weighted by Gasteiger charge is 2.27. The number of pyridine rings is 1. The Labute approximate surface area is 286 Å². The molecule has 0 radical (unpaired) electrons. The van der Waals surface area contributed by atoms with Crippen molar-refractivity contribution >= 4 is 23.6 Å². The molecule has 2 aliphatic carbocycles. The number of aromatic carboxylic acids is 1. The second-order valence-electron chi connectivity index (χ2n) is 10.9. The first-order valence-corrected chi connectivity index (χ1v) is 18.5. The van der Waals surface area contributed by atoms with Crippen LogP contribution in [-0.4, -0.2) is 30.3 Å². The van der Waals surface area contributed by atoms with E-state index >= 15 is 0 Å². The molecule has 0 spiro atoms. The molecule has 1 aromatic heterocycles. The van der Waals surface area contributed by atoms with Gasteiger partial charge in [0.25, 0.3) is 0 Å². The van der Waals surface area contributed by atoms with Crippen LogP contribution in [0.3, 0.4) is 0 Å². The number of hydrogen-bond donors (Lipinski definition) is 2. The molecule has 0 atom stereocenters. The van der Waals surface area contributed by atoms with Crippen LogP contribution in [0.15, 0.2) is 41.4 Å². The van der Waals surface area contributed by atoms with E-state index in [0.29, 0.717) is 24.5 Å². The van der Waals surface area contributed by atoms with E-state index in [9.17, 15) is 9.18 Å². The number of carboxylic acids is 1. The van der Waals surface area contributed by atoms with Crippen LogP contribution in [0.1, 0.15) is 148 Å². The molecule has 0 aliphatic heterocycles. The Bertz CT molecular complexity index is 1050. The number of halogens is 1. The minimum atomic E-state index is -0.980. The number of ether oxygens (including phenoxy) is 1. The lowest BCUT2D eigenvalue weighted by Gasteiger charge is -2.32. The first-order chi connectivity index (χ1) is 22.4. The molecule has 2 fully saturated rings. The van der Waals surface area contributed by atoms with Gasteiger partial charge in [0, 0.05) is 17.0 Å². The van der Waals surface area contributed by atoms with Crippen molar-refractivity contribution in [2.75, 3.05) is 19.0 Å². The van der Waals surface area contributed by atoms with Crippen LogP contribution in [0.25, 0.3) is 0 Å². The van der Waals surface area contributed by atoms with Gasteiger partial charge in [-0.05, 0) is 85.7 Å². The highest BCUT2D eigenvalue weighted by Crippen LogP contribution is 2.39. The number of hydrogen-bond acceptors (Lipinski definition) is 5. The van der Waals surface area contributed by atoms with Crippen molar-refractivity contribution in [3.8, 4) is 17.6 Å². The van der Waals surface area contributed by atoms with Crippen molar-refractivity contribution in [3.63, 3.8) is 0 Å². The number of benzene rings is 1. The smallest absolute Gasteiger partial charge is 0.335 e. The summed E-state index contributed by atoms with van der Waals surface area (Å²) in [6.07, 6.45) is 18.1. The van der Waals surface area contributed by atoms with Gasteiger partial charge < -0.3 is 14.6 Å². The van der Waals surface area contributed by atoms with Crippen LogP contribution in [-0.2, 0) is 0 Å². The molecule has 7 heteroatoms. The fourth-order valence-electron chi connectivity index (χ4n) is 5.23. The fraction of sp³-hybridized carbons (Fsp3) is 0.641. The maximum Gasteiger partial charge on any atom is 0.335 e. The third-order valence-corrected chi connectivity index (χ3v) is 8.01. The van der Waals surface area contributed by atoms with Crippen LogP contribution >= 0.6 is 11.9 Å². The lowest BCUT2D eigenvalue weighted by Crippen LogP contribution is -2.21. The van der Waals surface area contributed by atoms with Gasteiger partial charge in [-0.25, -0.2) is 9.78 Å². The van der Waals surface area contributed by atoms with Crippen molar-refractivity contribution in [2.45, 2.75) is 137 Å². The summed E-state index contributed by atoms with van der Waals surface area (Å²) in [6, 6.07) is 8.71. The van der Waals surface area contributed by atoms with Gasteiger partial charge in [0.1, 0.15) is 11.4 Å². The summed E-state index contributed by atoms with van der Waals surface area (Å²) >= 11 is 1.40. The van der Waals surface area contributed by atoms with Gasteiger partial charge in [-0.3, -0.25) is 4.39 Å². The SMILES string of the molecule is CC.CC.CCC.CCC.CF.COc1cc(C(=O)O)ccc1NSc1ccc(C#CC2CCC(C3CCCCCC3)CC2)nc1. The molecule has 4 rings (SSSR count). The topological polar surface area (TPSA) is 71.5 Å². The highest BCUT2D eigenvalue weighted by molar-refractivity contribution is 8.00. The highest BCUT2D eigenvalue weighted by atomic mass is 32.2. The first kappa shape index (κ1) is 45.4. The van der Waals surface area contributed by atoms with Crippen molar-refractivity contribution in [3.05, 3.63) is 47.8 Å². The Morgan fingerprint density at radius 1 is 0.891 bits per heavy atom. The third-order valence-electron chi connectivity index (χ3n) is 7.21. The molecule has 0 saturated heterocycles. The van der Waals surface area contributed by atoms with E-state index in [-0.39, 0.29) is 5.56 Å². The Morgan fingerprint density at radius 2 is 1.43 bits per heavy atom. The zero-order valence-electron chi connectivity index (χ0n) is 30.7. The van der Waals surface area contributed by atoms with Crippen LogP contribution in [0.2, 0.25) is 0 Å². The molecule has 0 amide bonds. The summed E-state index contributed by atoms with van der Waals surface area (Å²) in [5, 5.41) is 9.13. The van der Waals surface area contributed by atoms with E-state index in [2.05, 4.69) is 49.2 Å². The molecule has 2 aliphatic rings. The number of carbonyl (C=O) groups is 1. The van der Waals surface area contributed by atoms with Crippen LogP contribution in [0.5, 0.6) is 5.75 Å². The minimum Gasteiger partial charge on any atom is -0.495 e. The predicted molar refractivity (Wildman–Crippen MR) is 199 cm³/mol. The van der Waals surface area contributed by atoms with E-state index < -0.39 is 5.97 Å². The second-order valence-corrected chi connectivity index (χ2v) is 11.7. The molecule has 1 aromatic carbocycles. The lowest BCUT2D eigenvalue weighted by atomic mass is 9.73. The molecular weight excluding hydrogens is 596 g/mol. The second kappa shape index (κ2) is 30.9. The molecule has 262 valence electrons. The molecule has 0 bridgehead atoms. The number of aromatic nitrogens is 1. The lowest BCUT2D eigenvalue weighted by molar-refractivity contribution is 0.0696. The quantitative estimate of drug-likeness (QED) is 0.182. The van der Waals surface area contributed by atoms with Crippen LogP contribution < -0.4 is 9.46 Å². The Kier molecular flexibility index (Phi) is 30.5. The van der Waals surface area contributed by atoms with E-state index in [0.717, 1.165) is 22.4 Å². The number of anilines is 1. The molecule has 2 N–H and O–H groups in total. The van der Waals surface area contributed by atoms with E-state index in [1.54, 1.807) is 12.1 Å². The zero-order chi connectivity index (χ0) is 35.2. The van der Waals surface area contributed by atoms with Crippen LogP contribution in [0, 0.1) is 29.6 Å². The Morgan fingerprint density at radius 3 is 1.91 bits per heavy atom. The van der Waals surface area contributed by atoms with Gasteiger partial charge in [0.2, 0.25) is 0 Å². The van der Waals surface area contributed by atoms with Gasteiger partial charge in [0.05, 0.1) is 25.5 Å². The minimum absolute atomic E-state index is 0.190. The maximum atomic E-state index is 11.1. The van der Waals surface area contributed by atoms with E-state index in [1.807, 2.05) is 46.0 Å². The summed E-state index contributed by atoms with van der Waals surface area (Å²) in [4.78, 5) is 16.6. The Hall–Kier alpha value is -2.72. The molecule has 0 unspecified atom stereocenters. The average Bonchev–Trinajstić information content (AvgIpc) is 3.40. The Balaban J connectivity index is 0. The van der Waals surface area contributed by atoms with E-state index in [1.165, 1.54) is 102 Å². The molecule has 2 saturated carbocycles. The predicted octanol–water partition coefficient (Wildman–Crippen LogP) is 12.5. The normalized spacial score (nSPS) is 16.8. The van der Waals surface area contributed by atoms with Gasteiger partial charge in [-0.1, -0.05) is 113 Å². The summed E-state index contributed by atoms with van der Waals surface area (Å²) in [6.45, 7) is 16.5. The molecule has 1 heterocycles. The van der Waals surface area contributed by atoms with Crippen molar-refractivity contribution in [1.29, 1.82) is 0 Å². The number of rotatable bonds is 6. The largest absolute Gasteiger partial charge is 0.495 e. The monoisotopic (exact) mass is 660 g/mol. The first-order valence-electron chi connectivity index (χ1n) is 17.6. The number of nitrogens with zero attached hydrogens (tertiary/aromatic N) is 1. The number of nitrogens with one attached hydrogen (secondary N) is 1. The summed E-state index contributed by atoms with van der Waals surface area (Å²) in [5.74, 6) is 8.67. The third kappa shape index (κ3) is 19.1. The van der Waals surface area contributed by atoms with Crippen molar-refractivity contribution in [2.24, 2.45) is 17.8 Å². The van der Waals surface area contributed by atoms with Gasteiger partial charge >= 0.3 is 5.97 Å². The molecule has 2 aromatic rings. The average molecular weight is 661 g/mol. The van der Waals surface area contributed by atoms with Crippen molar-refractivity contribution < 1.29 is 19.0 Å².